The van der Waals surface area contributed by atoms with E-state index in [2.05, 4.69) is 6.92 Å². The highest BCUT2D eigenvalue weighted by molar-refractivity contribution is 7.99. The first-order valence-electron chi connectivity index (χ1n) is 6.56. The number of amides is 1. The van der Waals surface area contributed by atoms with Crippen molar-refractivity contribution in [1.29, 1.82) is 0 Å². The van der Waals surface area contributed by atoms with E-state index in [1.54, 1.807) is 12.3 Å². The van der Waals surface area contributed by atoms with E-state index in [4.69, 9.17) is 4.42 Å². The van der Waals surface area contributed by atoms with Crippen molar-refractivity contribution in [2.24, 2.45) is 0 Å². The Labute approximate surface area is 113 Å². The third-order valence-electron chi connectivity index (χ3n) is 3.72. The first-order chi connectivity index (χ1) is 8.63. The summed E-state index contributed by atoms with van der Waals surface area (Å²) < 4.78 is 5.21. The maximum atomic E-state index is 12.3. The Morgan fingerprint density at radius 3 is 2.94 bits per heavy atom. The van der Waals surface area contributed by atoms with E-state index >= 15 is 0 Å². The van der Waals surface area contributed by atoms with Crippen LogP contribution in [0.3, 0.4) is 0 Å². The molecule has 2 atom stereocenters. The van der Waals surface area contributed by atoms with Crippen molar-refractivity contribution in [2.75, 3.05) is 12.8 Å². The fourth-order valence-electron chi connectivity index (χ4n) is 2.62. The van der Waals surface area contributed by atoms with Gasteiger partial charge in [0, 0.05) is 18.3 Å². The molecule has 0 unspecified atom stereocenters. The molecular weight excluding hydrogens is 246 g/mol. The number of carbonyl (C=O) groups is 1. The van der Waals surface area contributed by atoms with Crippen LogP contribution in [-0.4, -0.2) is 34.9 Å². The molecule has 1 saturated carbocycles. The van der Waals surface area contributed by atoms with Crippen LogP contribution < -0.4 is 0 Å². The van der Waals surface area contributed by atoms with Crippen LogP contribution in [0.2, 0.25) is 0 Å². The van der Waals surface area contributed by atoms with Crippen LogP contribution in [0.4, 0.5) is 0 Å². The minimum atomic E-state index is 0.0911. The Bertz CT molecular complexity index is 416. The third kappa shape index (κ3) is 2.74. The standard InChI is InChI=1S/C14H21NO2S/c1-4-18-12-6-5-11(9-12)15(3)14(16)13-7-8-17-10(13)2/h7-8,11-12H,4-6,9H2,1-3H3/t11-,12-/m0/s1. The number of furan rings is 1. The van der Waals surface area contributed by atoms with Gasteiger partial charge >= 0.3 is 0 Å². The molecule has 0 saturated heterocycles. The largest absolute Gasteiger partial charge is 0.469 e. The molecule has 0 N–H and O–H groups in total. The maximum absolute atomic E-state index is 12.3. The molecule has 0 spiro atoms. The molecule has 1 heterocycles. The van der Waals surface area contributed by atoms with Gasteiger partial charge in [0.15, 0.2) is 0 Å². The fourth-order valence-corrected chi connectivity index (χ4v) is 3.75. The first-order valence-corrected chi connectivity index (χ1v) is 7.61. The number of hydrogen-bond acceptors (Lipinski definition) is 3. The van der Waals surface area contributed by atoms with Gasteiger partial charge < -0.3 is 9.32 Å². The van der Waals surface area contributed by atoms with Crippen LogP contribution in [-0.2, 0) is 0 Å². The monoisotopic (exact) mass is 267 g/mol. The van der Waals surface area contributed by atoms with Crippen LogP contribution in [0.1, 0.15) is 42.3 Å². The van der Waals surface area contributed by atoms with Gasteiger partial charge in [-0.1, -0.05) is 6.92 Å². The molecule has 0 bridgehead atoms. The second-order valence-electron chi connectivity index (χ2n) is 4.85. The molecule has 2 rings (SSSR count). The van der Waals surface area contributed by atoms with Crippen molar-refractivity contribution in [3.05, 3.63) is 23.7 Å². The highest BCUT2D eigenvalue weighted by Crippen LogP contribution is 2.32. The van der Waals surface area contributed by atoms with E-state index in [0.29, 0.717) is 17.4 Å². The summed E-state index contributed by atoms with van der Waals surface area (Å²) in [7, 11) is 1.92. The Kier molecular flexibility index (Phi) is 4.38. The molecule has 1 aromatic heterocycles. The van der Waals surface area contributed by atoms with Crippen molar-refractivity contribution >= 4 is 17.7 Å². The smallest absolute Gasteiger partial charge is 0.257 e. The van der Waals surface area contributed by atoms with Crippen molar-refractivity contribution in [3.63, 3.8) is 0 Å². The topological polar surface area (TPSA) is 33.5 Å². The van der Waals surface area contributed by atoms with Crippen molar-refractivity contribution in [1.82, 2.24) is 4.90 Å². The number of carbonyl (C=O) groups excluding carboxylic acids is 1. The normalized spacial score (nSPS) is 23.3. The van der Waals surface area contributed by atoms with Crippen molar-refractivity contribution in [3.8, 4) is 0 Å². The summed E-state index contributed by atoms with van der Waals surface area (Å²) in [6.45, 7) is 4.03. The van der Waals surface area contributed by atoms with E-state index in [-0.39, 0.29) is 5.91 Å². The van der Waals surface area contributed by atoms with Gasteiger partial charge in [0.25, 0.3) is 5.91 Å². The second kappa shape index (κ2) is 5.83. The molecule has 1 amide bonds. The quantitative estimate of drug-likeness (QED) is 0.839. The van der Waals surface area contributed by atoms with E-state index in [1.807, 2.05) is 30.6 Å². The molecule has 100 valence electrons. The lowest BCUT2D eigenvalue weighted by Crippen LogP contribution is -2.35. The molecule has 1 aromatic rings. The van der Waals surface area contributed by atoms with Crippen LogP contribution in [0, 0.1) is 6.92 Å². The molecule has 0 radical (unpaired) electrons. The van der Waals surface area contributed by atoms with Crippen LogP contribution in [0.25, 0.3) is 0 Å². The molecule has 0 aliphatic heterocycles. The van der Waals surface area contributed by atoms with Gasteiger partial charge in [-0.05, 0) is 38.0 Å². The summed E-state index contributed by atoms with van der Waals surface area (Å²) in [5, 5.41) is 0.723. The average Bonchev–Trinajstić information content (AvgIpc) is 2.97. The summed E-state index contributed by atoms with van der Waals surface area (Å²) >= 11 is 2.02. The first kappa shape index (κ1) is 13.5. The third-order valence-corrected chi connectivity index (χ3v) is 4.95. The van der Waals surface area contributed by atoms with E-state index < -0.39 is 0 Å². The van der Waals surface area contributed by atoms with Crippen LogP contribution >= 0.6 is 11.8 Å². The number of nitrogens with zero attached hydrogens (tertiary/aromatic N) is 1. The minimum absolute atomic E-state index is 0.0911. The van der Waals surface area contributed by atoms with Gasteiger partial charge in [0.2, 0.25) is 0 Å². The highest BCUT2D eigenvalue weighted by Gasteiger charge is 2.30. The Hall–Kier alpha value is -0.900. The van der Waals surface area contributed by atoms with Gasteiger partial charge in [-0.3, -0.25) is 4.79 Å². The van der Waals surface area contributed by atoms with Gasteiger partial charge in [-0.15, -0.1) is 0 Å². The fraction of sp³-hybridized carbons (Fsp3) is 0.643. The van der Waals surface area contributed by atoms with Gasteiger partial charge in [-0.25, -0.2) is 0 Å². The number of rotatable bonds is 4. The lowest BCUT2D eigenvalue weighted by Gasteiger charge is -2.24. The Balaban J connectivity index is 1.98. The molecular formula is C14H21NO2S. The van der Waals surface area contributed by atoms with Gasteiger partial charge in [-0.2, -0.15) is 11.8 Å². The molecule has 3 nitrogen and oxygen atoms in total. The SMILES string of the molecule is CCS[C@H]1CC[C@H](N(C)C(=O)c2ccoc2C)C1. The average molecular weight is 267 g/mol. The zero-order valence-corrected chi connectivity index (χ0v) is 12.1. The van der Waals surface area contributed by atoms with Crippen molar-refractivity contribution < 1.29 is 9.21 Å². The summed E-state index contributed by atoms with van der Waals surface area (Å²) in [6.07, 6.45) is 5.06. The lowest BCUT2D eigenvalue weighted by atomic mass is 10.1. The van der Waals surface area contributed by atoms with E-state index in [1.165, 1.54) is 6.42 Å². The number of aryl methyl sites for hydroxylation is 1. The molecule has 1 aliphatic carbocycles. The van der Waals surface area contributed by atoms with Gasteiger partial charge in [0.05, 0.1) is 11.8 Å². The van der Waals surface area contributed by atoms with E-state index in [0.717, 1.165) is 23.8 Å². The predicted octanol–water partition coefficient (Wildman–Crippen LogP) is 3.33. The Morgan fingerprint density at radius 1 is 1.56 bits per heavy atom. The molecule has 0 aromatic carbocycles. The number of thioether (sulfide) groups is 1. The Morgan fingerprint density at radius 2 is 2.33 bits per heavy atom. The maximum Gasteiger partial charge on any atom is 0.257 e. The summed E-state index contributed by atoms with van der Waals surface area (Å²) in [4.78, 5) is 14.2. The van der Waals surface area contributed by atoms with E-state index in [9.17, 15) is 4.79 Å². The summed E-state index contributed by atoms with van der Waals surface area (Å²) in [6, 6.07) is 2.15. The van der Waals surface area contributed by atoms with Crippen LogP contribution in [0.15, 0.2) is 16.7 Å². The van der Waals surface area contributed by atoms with Crippen molar-refractivity contribution in [2.45, 2.75) is 44.4 Å². The molecule has 1 fully saturated rings. The highest BCUT2D eigenvalue weighted by atomic mass is 32.2. The summed E-state index contributed by atoms with van der Waals surface area (Å²) in [5.41, 5.74) is 0.698. The zero-order valence-electron chi connectivity index (χ0n) is 11.3. The predicted molar refractivity (Wildman–Crippen MR) is 75.1 cm³/mol. The molecule has 1 aliphatic rings. The number of hydrogen-bond donors (Lipinski definition) is 0. The summed E-state index contributed by atoms with van der Waals surface area (Å²) in [5.74, 6) is 1.97. The zero-order chi connectivity index (χ0) is 13.1. The molecule has 4 heteroatoms. The molecule has 18 heavy (non-hydrogen) atoms. The minimum Gasteiger partial charge on any atom is -0.469 e. The van der Waals surface area contributed by atoms with Crippen LogP contribution in [0.5, 0.6) is 0 Å². The van der Waals surface area contributed by atoms with Gasteiger partial charge in [0.1, 0.15) is 5.76 Å². The second-order valence-corrected chi connectivity index (χ2v) is 6.43. The lowest BCUT2D eigenvalue weighted by molar-refractivity contribution is 0.0733.